The van der Waals surface area contributed by atoms with Crippen LogP contribution in [0.1, 0.15) is 29.0 Å². The van der Waals surface area contributed by atoms with Crippen LogP contribution in [0.15, 0.2) is 30.3 Å². The van der Waals surface area contributed by atoms with E-state index in [1.54, 1.807) is 0 Å². The van der Waals surface area contributed by atoms with Gasteiger partial charge in [0.05, 0.1) is 11.7 Å². The Labute approximate surface area is 153 Å². The number of rotatable bonds is 5. The maximum Gasteiger partial charge on any atom is 0.243 e. The second-order valence-electron chi connectivity index (χ2n) is 6.79. The Morgan fingerprint density at radius 3 is 2.68 bits per heavy atom. The molecule has 0 bridgehead atoms. The van der Waals surface area contributed by atoms with Crippen LogP contribution in [0.5, 0.6) is 0 Å². The van der Waals surface area contributed by atoms with Crippen molar-refractivity contribution in [1.29, 1.82) is 0 Å². The van der Waals surface area contributed by atoms with Crippen molar-refractivity contribution in [3.8, 4) is 0 Å². The van der Waals surface area contributed by atoms with E-state index in [1.165, 1.54) is 16.9 Å². The summed E-state index contributed by atoms with van der Waals surface area (Å²) in [5.74, 6) is 0.756. The van der Waals surface area contributed by atoms with Crippen LogP contribution in [0.2, 0.25) is 0 Å². The molecule has 5 nitrogen and oxygen atoms in total. The van der Waals surface area contributed by atoms with Gasteiger partial charge in [-0.15, -0.1) is 11.3 Å². The third kappa shape index (κ3) is 3.92. The summed E-state index contributed by atoms with van der Waals surface area (Å²) in [5, 5.41) is 3.64. The fourth-order valence-electron chi connectivity index (χ4n) is 3.44. The molecular formula is C19H26N4OS. The fraction of sp³-hybridized carbons (Fsp3) is 0.474. The number of nitrogens with one attached hydrogen (secondary N) is 1. The third-order valence-corrected chi connectivity index (χ3v) is 6.17. The number of hydrogen-bond acceptors (Lipinski definition) is 5. The van der Waals surface area contributed by atoms with Gasteiger partial charge in [-0.05, 0) is 38.8 Å². The first-order valence-corrected chi connectivity index (χ1v) is 9.55. The number of hydrogen-bond donors (Lipinski definition) is 2. The zero-order valence-electron chi connectivity index (χ0n) is 15.0. The van der Waals surface area contributed by atoms with Gasteiger partial charge in [-0.2, -0.15) is 0 Å². The van der Waals surface area contributed by atoms with E-state index < -0.39 is 0 Å². The molecule has 1 aliphatic rings. The Kier molecular flexibility index (Phi) is 5.51. The minimum Gasteiger partial charge on any atom is -0.330 e. The monoisotopic (exact) mass is 358 g/mol. The molecule has 3 rings (SSSR count). The first-order chi connectivity index (χ1) is 12.0. The van der Waals surface area contributed by atoms with Crippen LogP contribution in [0.4, 0.5) is 5.13 Å². The third-order valence-electron chi connectivity index (χ3n) is 5.19. The molecule has 2 heterocycles. The van der Waals surface area contributed by atoms with Gasteiger partial charge in [-0.3, -0.25) is 9.69 Å². The molecule has 1 aromatic heterocycles. The summed E-state index contributed by atoms with van der Waals surface area (Å²) < 4.78 is 0. The van der Waals surface area contributed by atoms with E-state index >= 15 is 0 Å². The lowest BCUT2D eigenvalue weighted by molar-refractivity contribution is -0.120. The normalized spacial score (nSPS) is 22.1. The van der Waals surface area contributed by atoms with Crippen LogP contribution < -0.4 is 11.1 Å². The maximum absolute atomic E-state index is 12.6. The van der Waals surface area contributed by atoms with Gasteiger partial charge in [0.1, 0.15) is 0 Å². The van der Waals surface area contributed by atoms with Crippen molar-refractivity contribution >= 4 is 22.4 Å². The molecule has 1 saturated heterocycles. The van der Waals surface area contributed by atoms with Crippen molar-refractivity contribution in [3.05, 3.63) is 46.5 Å². The predicted octanol–water partition coefficient (Wildman–Crippen LogP) is 2.76. The molecule has 25 heavy (non-hydrogen) atoms. The van der Waals surface area contributed by atoms with Gasteiger partial charge < -0.3 is 11.1 Å². The van der Waals surface area contributed by atoms with Crippen LogP contribution in [0.3, 0.4) is 0 Å². The summed E-state index contributed by atoms with van der Waals surface area (Å²) in [5.41, 5.74) is 8.29. The Bertz CT molecular complexity index is 711. The van der Waals surface area contributed by atoms with Crippen molar-refractivity contribution < 1.29 is 4.79 Å². The summed E-state index contributed by atoms with van der Waals surface area (Å²) in [6.07, 6.45) is 0. The molecule has 3 N–H and O–H groups in total. The number of carbonyl (C=O) groups is 1. The lowest BCUT2D eigenvalue weighted by Crippen LogP contribution is -2.41. The second kappa shape index (κ2) is 7.64. The van der Waals surface area contributed by atoms with Crippen LogP contribution in [-0.4, -0.2) is 41.5 Å². The summed E-state index contributed by atoms with van der Waals surface area (Å²) >= 11 is 1.52. The fourth-order valence-corrected chi connectivity index (χ4v) is 4.26. The van der Waals surface area contributed by atoms with Crippen LogP contribution in [-0.2, 0) is 4.79 Å². The molecule has 3 atom stereocenters. The number of benzene rings is 1. The van der Waals surface area contributed by atoms with E-state index in [0.717, 1.165) is 23.7 Å². The highest BCUT2D eigenvalue weighted by Gasteiger charge is 2.37. The van der Waals surface area contributed by atoms with E-state index in [4.69, 9.17) is 5.73 Å². The van der Waals surface area contributed by atoms with Crippen LogP contribution in [0, 0.1) is 19.8 Å². The molecule has 2 aromatic rings. The molecular weight excluding hydrogens is 332 g/mol. The van der Waals surface area contributed by atoms with Crippen molar-refractivity contribution in [2.24, 2.45) is 11.7 Å². The Balaban J connectivity index is 1.67. The number of nitrogens with two attached hydrogens (primary N) is 1. The van der Waals surface area contributed by atoms with Gasteiger partial charge in [0.25, 0.3) is 0 Å². The summed E-state index contributed by atoms with van der Waals surface area (Å²) in [4.78, 5) is 20.4. The number of thiazole rings is 1. The molecule has 134 valence electrons. The van der Waals surface area contributed by atoms with Crippen molar-refractivity contribution in [2.75, 3.05) is 25.0 Å². The summed E-state index contributed by atoms with van der Waals surface area (Å²) in [7, 11) is 0. The average Bonchev–Trinajstić information content (AvgIpc) is 3.18. The highest BCUT2D eigenvalue weighted by atomic mass is 32.1. The minimum absolute atomic E-state index is 0.00164. The highest BCUT2D eigenvalue weighted by Crippen LogP contribution is 2.33. The molecule has 0 saturated carbocycles. The van der Waals surface area contributed by atoms with Crippen LogP contribution in [0.25, 0.3) is 0 Å². The van der Waals surface area contributed by atoms with Gasteiger partial charge in [-0.1, -0.05) is 30.3 Å². The maximum atomic E-state index is 12.6. The van der Waals surface area contributed by atoms with Crippen molar-refractivity contribution in [2.45, 2.75) is 32.7 Å². The SMILES string of the molecule is Cc1nc(NC(=O)C(C)N2C[C@@H](CN)[C@H](c3ccccc3)C2)sc1C. The van der Waals surface area contributed by atoms with Crippen molar-refractivity contribution in [3.63, 3.8) is 0 Å². The topological polar surface area (TPSA) is 71.2 Å². The highest BCUT2D eigenvalue weighted by molar-refractivity contribution is 7.15. The number of nitrogens with zero attached hydrogens (tertiary/aromatic N) is 2. The molecule has 1 unspecified atom stereocenters. The number of aryl methyl sites for hydroxylation is 2. The molecule has 1 fully saturated rings. The molecule has 0 aliphatic carbocycles. The van der Waals surface area contributed by atoms with Gasteiger partial charge in [-0.25, -0.2) is 4.98 Å². The molecule has 1 amide bonds. The lowest BCUT2D eigenvalue weighted by Gasteiger charge is -2.23. The van der Waals surface area contributed by atoms with E-state index in [2.05, 4.69) is 39.5 Å². The Morgan fingerprint density at radius 2 is 2.08 bits per heavy atom. The summed E-state index contributed by atoms with van der Waals surface area (Å²) in [6.45, 7) is 8.28. The number of aromatic nitrogens is 1. The molecule has 0 radical (unpaired) electrons. The Hall–Kier alpha value is -1.76. The van der Waals surface area contributed by atoms with E-state index in [1.807, 2.05) is 26.8 Å². The molecule has 1 aromatic carbocycles. The summed E-state index contributed by atoms with van der Waals surface area (Å²) in [6, 6.07) is 10.3. The van der Waals surface area contributed by atoms with Gasteiger partial charge in [0, 0.05) is 23.9 Å². The Morgan fingerprint density at radius 1 is 1.36 bits per heavy atom. The van der Waals surface area contributed by atoms with Gasteiger partial charge >= 0.3 is 0 Å². The number of anilines is 1. The zero-order chi connectivity index (χ0) is 18.0. The average molecular weight is 359 g/mol. The first kappa shape index (κ1) is 18.0. The predicted molar refractivity (Wildman–Crippen MR) is 103 cm³/mol. The van der Waals surface area contributed by atoms with Gasteiger partial charge in [0.2, 0.25) is 5.91 Å². The quantitative estimate of drug-likeness (QED) is 0.862. The van der Waals surface area contributed by atoms with E-state index in [-0.39, 0.29) is 11.9 Å². The number of amides is 1. The second-order valence-corrected chi connectivity index (χ2v) is 8.00. The number of carbonyl (C=O) groups excluding carboxylic acids is 1. The van der Waals surface area contributed by atoms with Crippen LogP contribution >= 0.6 is 11.3 Å². The lowest BCUT2D eigenvalue weighted by atomic mass is 9.89. The van der Waals surface area contributed by atoms with Gasteiger partial charge in [0.15, 0.2) is 5.13 Å². The number of likely N-dealkylation sites (tertiary alicyclic amines) is 1. The smallest absolute Gasteiger partial charge is 0.243 e. The zero-order valence-corrected chi connectivity index (χ0v) is 15.8. The van der Waals surface area contributed by atoms with E-state index in [0.29, 0.717) is 23.5 Å². The van der Waals surface area contributed by atoms with E-state index in [9.17, 15) is 4.79 Å². The first-order valence-electron chi connectivity index (χ1n) is 8.73. The minimum atomic E-state index is -0.202. The van der Waals surface area contributed by atoms with Crippen molar-refractivity contribution in [1.82, 2.24) is 9.88 Å². The molecule has 0 spiro atoms. The largest absolute Gasteiger partial charge is 0.330 e. The molecule has 6 heteroatoms. The standard InChI is InChI=1S/C19H26N4OS/c1-12-14(3)25-19(21-12)22-18(24)13(2)23-10-16(9-20)17(11-23)15-7-5-4-6-8-15/h4-8,13,16-17H,9-11,20H2,1-3H3,(H,21,22,24)/t13?,16-,17+/m1/s1. The molecule has 1 aliphatic heterocycles.